The molecule has 0 saturated heterocycles. The molecule has 0 saturated carbocycles. The van der Waals surface area contributed by atoms with Gasteiger partial charge in [-0.05, 0) is 48.4 Å². The van der Waals surface area contributed by atoms with Crippen LogP contribution in [-0.4, -0.2) is 20.9 Å². The molecule has 24 heavy (non-hydrogen) atoms. The number of carbonyl (C=O) groups excluding carboxylic acids is 1. The van der Waals surface area contributed by atoms with Crippen LogP contribution in [0.5, 0.6) is 0 Å². The molecule has 0 aromatic heterocycles. The van der Waals surface area contributed by atoms with Gasteiger partial charge >= 0.3 is 0 Å². The Morgan fingerprint density at radius 1 is 1.04 bits per heavy atom. The Kier molecular flexibility index (Phi) is 6.05. The number of amides is 1. The molecule has 0 bridgehead atoms. The quantitative estimate of drug-likeness (QED) is 0.806. The molecule has 0 aliphatic heterocycles. The van der Waals surface area contributed by atoms with Gasteiger partial charge in [0.1, 0.15) is 5.82 Å². The number of carbonyl (C=O) groups is 1. The summed E-state index contributed by atoms with van der Waals surface area (Å²) in [5, 5.41) is 2.68. The fourth-order valence-electron chi connectivity index (χ4n) is 2.12. The molecule has 2 rings (SSSR count). The molecule has 0 fully saturated rings. The predicted molar refractivity (Wildman–Crippen MR) is 90.7 cm³/mol. The van der Waals surface area contributed by atoms with E-state index in [1.807, 2.05) is 0 Å². The van der Waals surface area contributed by atoms with Gasteiger partial charge in [-0.15, -0.1) is 0 Å². The molecule has 5 nitrogen and oxygen atoms in total. The van der Waals surface area contributed by atoms with E-state index in [-0.39, 0.29) is 23.0 Å². The first-order valence-electron chi connectivity index (χ1n) is 7.55. The summed E-state index contributed by atoms with van der Waals surface area (Å²) in [6.07, 6.45) is 0.727. The lowest BCUT2D eigenvalue weighted by Crippen LogP contribution is -2.23. The smallest absolute Gasteiger partial charge is 0.240 e. The number of hydrogen-bond acceptors (Lipinski definition) is 3. The molecular weight excluding hydrogens is 331 g/mol. The van der Waals surface area contributed by atoms with E-state index in [0.29, 0.717) is 18.7 Å². The van der Waals surface area contributed by atoms with Crippen molar-refractivity contribution >= 4 is 21.6 Å². The van der Waals surface area contributed by atoms with Crippen LogP contribution in [0.25, 0.3) is 0 Å². The molecule has 0 radical (unpaired) electrons. The molecule has 0 aliphatic rings. The molecule has 128 valence electrons. The fraction of sp³-hybridized carbons (Fsp3) is 0.235. The van der Waals surface area contributed by atoms with Crippen molar-refractivity contribution in [3.8, 4) is 0 Å². The molecule has 1 amide bonds. The normalized spacial score (nSPS) is 11.2. The minimum Gasteiger partial charge on any atom is -0.326 e. The van der Waals surface area contributed by atoms with Crippen LogP contribution in [0.1, 0.15) is 18.9 Å². The lowest BCUT2D eigenvalue weighted by Gasteiger charge is -2.07. The third-order valence-corrected chi connectivity index (χ3v) is 4.90. The first-order valence-corrected chi connectivity index (χ1v) is 9.03. The zero-order valence-corrected chi connectivity index (χ0v) is 14.1. The second kappa shape index (κ2) is 8.03. The maximum absolute atomic E-state index is 12.8. The van der Waals surface area contributed by atoms with Gasteiger partial charge < -0.3 is 5.32 Å². The second-order valence-corrected chi connectivity index (χ2v) is 6.97. The molecule has 0 unspecified atom stereocenters. The topological polar surface area (TPSA) is 75.3 Å². The van der Waals surface area contributed by atoms with Crippen LogP contribution in [0, 0.1) is 5.82 Å². The van der Waals surface area contributed by atoms with Crippen molar-refractivity contribution in [1.82, 2.24) is 4.72 Å². The highest BCUT2D eigenvalue weighted by Crippen LogP contribution is 2.13. The summed E-state index contributed by atoms with van der Waals surface area (Å²) < 4.78 is 38.9. The molecule has 2 aromatic rings. The largest absolute Gasteiger partial charge is 0.326 e. The summed E-state index contributed by atoms with van der Waals surface area (Å²) in [6, 6.07) is 12.0. The fourth-order valence-corrected chi connectivity index (χ4v) is 3.16. The molecule has 0 spiro atoms. The van der Waals surface area contributed by atoms with Crippen molar-refractivity contribution in [2.45, 2.75) is 24.7 Å². The molecular formula is C17H19FN2O3S. The Hall–Kier alpha value is -2.25. The summed E-state index contributed by atoms with van der Waals surface area (Å²) in [5.41, 5.74) is 1.40. The third kappa shape index (κ3) is 5.14. The number of nitrogens with one attached hydrogen (secondary N) is 2. The minimum atomic E-state index is -3.46. The van der Waals surface area contributed by atoms with E-state index < -0.39 is 10.0 Å². The summed E-state index contributed by atoms with van der Waals surface area (Å²) >= 11 is 0. The van der Waals surface area contributed by atoms with E-state index in [0.717, 1.165) is 5.56 Å². The molecule has 0 aliphatic carbocycles. The highest BCUT2D eigenvalue weighted by molar-refractivity contribution is 7.89. The summed E-state index contributed by atoms with van der Waals surface area (Å²) in [6.45, 7) is 2.04. The lowest BCUT2D eigenvalue weighted by atomic mass is 10.1. The number of halogens is 1. The third-order valence-electron chi connectivity index (χ3n) is 3.34. The predicted octanol–water partition coefficient (Wildman–Crippen LogP) is 2.70. The van der Waals surface area contributed by atoms with Crippen LogP contribution in [-0.2, 0) is 21.2 Å². The van der Waals surface area contributed by atoms with Crippen LogP contribution in [0.15, 0.2) is 53.4 Å². The molecule has 2 N–H and O–H groups in total. The van der Waals surface area contributed by atoms with Gasteiger partial charge in [0.25, 0.3) is 0 Å². The van der Waals surface area contributed by atoms with Crippen LogP contribution < -0.4 is 10.0 Å². The number of aryl methyl sites for hydroxylation is 1. The van der Waals surface area contributed by atoms with E-state index in [1.54, 1.807) is 19.1 Å². The zero-order chi connectivity index (χ0) is 17.6. The van der Waals surface area contributed by atoms with E-state index in [2.05, 4.69) is 10.0 Å². The van der Waals surface area contributed by atoms with Gasteiger partial charge in [-0.25, -0.2) is 17.5 Å². The first kappa shape index (κ1) is 18.1. The van der Waals surface area contributed by atoms with Crippen LogP contribution in [0.3, 0.4) is 0 Å². The van der Waals surface area contributed by atoms with Gasteiger partial charge in [0.2, 0.25) is 15.9 Å². The minimum absolute atomic E-state index is 0.189. The van der Waals surface area contributed by atoms with E-state index in [1.165, 1.54) is 36.4 Å². The van der Waals surface area contributed by atoms with Crippen molar-refractivity contribution in [2.24, 2.45) is 0 Å². The van der Waals surface area contributed by atoms with Gasteiger partial charge in [-0.2, -0.15) is 0 Å². The van der Waals surface area contributed by atoms with Crippen LogP contribution >= 0.6 is 0 Å². The summed E-state index contributed by atoms with van der Waals surface area (Å²) in [7, 11) is -3.46. The van der Waals surface area contributed by atoms with Crippen LogP contribution in [0.4, 0.5) is 10.1 Å². The molecule has 0 heterocycles. The second-order valence-electron chi connectivity index (χ2n) is 5.20. The van der Waals surface area contributed by atoms with E-state index in [9.17, 15) is 17.6 Å². The average molecular weight is 350 g/mol. The lowest BCUT2D eigenvalue weighted by molar-refractivity contribution is -0.116. The number of rotatable bonds is 7. The van der Waals surface area contributed by atoms with E-state index >= 15 is 0 Å². The summed E-state index contributed by atoms with van der Waals surface area (Å²) in [4.78, 5) is 12.1. The van der Waals surface area contributed by atoms with E-state index in [4.69, 9.17) is 0 Å². The number of hydrogen-bond donors (Lipinski definition) is 2. The Morgan fingerprint density at radius 2 is 1.67 bits per heavy atom. The monoisotopic (exact) mass is 350 g/mol. The highest BCUT2D eigenvalue weighted by atomic mass is 32.2. The van der Waals surface area contributed by atoms with Gasteiger partial charge in [-0.1, -0.05) is 19.1 Å². The van der Waals surface area contributed by atoms with Gasteiger partial charge in [0, 0.05) is 18.7 Å². The molecule has 2 aromatic carbocycles. The summed E-state index contributed by atoms with van der Waals surface area (Å²) in [5.74, 6) is -0.549. The Balaban J connectivity index is 1.90. The van der Waals surface area contributed by atoms with Crippen molar-refractivity contribution in [3.63, 3.8) is 0 Å². The maximum Gasteiger partial charge on any atom is 0.240 e. The molecule has 0 atom stereocenters. The highest BCUT2D eigenvalue weighted by Gasteiger charge is 2.12. The van der Waals surface area contributed by atoms with Crippen molar-refractivity contribution in [1.29, 1.82) is 0 Å². The SMILES string of the molecule is CCNS(=O)(=O)c1ccc(CCC(=O)Nc2ccc(F)cc2)cc1. The Labute approximate surface area is 141 Å². The Bertz CT molecular complexity index is 788. The maximum atomic E-state index is 12.8. The van der Waals surface area contributed by atoms with Crippen LogP contribution in [0.2, 0.25) is 0 Å². The number of anilines is 1. The molecule has 7 heteroatoms. The number of sulfonamides is 1. The van der Waals surface area contributed by atoms with Gasteiger partial charge in [0.15, 0.2) is 0 Å². The van der Waals surface area contributed by atoms with Crippen molar-refractivity contribution in [3.05, 3.63) is 59.9 Å². The standard InChI is InChI=1S/C17H19FN2O3S/c1-2-19-24(22,23)16-10-3-13(4-11-16)5-12-17(21)20-15-8-6-14(18)7-9-15/h3-4,6-11,19H,2,5,12H2,1H3,(H,20,21). The van der Waals surface area contributed by atoms with Crippen molar-refractivity contribution in [2.75, 3.05) is 11.9 Å². The van der Waals surface area contributed by atoms with Crippen molar-refractivity contribution < 1.29 is 17.6 Å². The first-order chi connectivity index (χ1) is 11.4. The average Bonchev–Trinajstić information content (AvgIpc) is 2.55. The zero-order valence-electron chi connectivity index (χ0n) is 13.3. The Morgan fingerprint density at radius 3 is 2.25 bits per heavy atom. The number of benzene rings is 2. The van der Waals surface area contributed by atoms with Gasteiger partial charge in [-0.3, -0.25) is 4.79 Å². The van der Waals surface area contributed by atoms with Gasteiger partial charge in [0.05, 0.1) is 4.90 Å².